The lowest BCUT2D eigenvalue weighted by molar-refractivity contribution is -0.403. The molecule has 3 aliphatic rings. The molecule has 4 aromatic rings. The molecule has 0 bridgehead atoms. The summed E-state index contributed by atoms with van der Waals surface area (Å²) in [5.74, 6) is -10.9. The minimum absolute atomic E-state index is 0.0347. The van der Waals surface area contributed by atoms with Gasteiger partial charge >= 0.3 is 66.0 Å². The number of azide groups is 3. The molecule has 0 aliphatic carbocycles. The number of alkyl carbamates (subject to hydrolysis) is 3. The Hall–Kier alpha value is -15.0. The SMILES string of the molecule is CC(=O)C[C@H](CC(C)C)C(=O)N[C@@H](Cc1ccc(OCc2ccccc2)cc1)C(=O)C[C@@H](CC(=O)OC(C)(C)C)C(=O)NCCOCCN=[N+]=[N-].CC(=O)OC(C)=O.CC(C)(C)OC(=O)C[C@@H]1NC(=O)OC1=O.CC(C)(C)OC(=O)C[C@H]([NH3+])C(=O)NCCOCCN=[N+]=[N-].CC(C)C[C@H]1NC(=O)OC1=O.O=C([O-])C(F)F.O=C([O-])C(F)F.O=C1N[C@@H](Cc2ccc(OCc3ccccc3)cc2)C(=O)O1.[N-]=[N+]=NCCOCC[NH3+]. The first-order valence-corrected chi connectivity index (χ1v) is 46.0. The van der Waals surface area contributed by atoms with Gasteiger partial charge in [-0.3, -0.25) is 43.2 Å². The number of carbonyl (C=O) groups excluding carboxylic acids is 18. The van der Waals surface area contributed by atoms with Crippen LogP contribution in [0.25, 0.3) is 31.3 Å². The number of carboxylic acids is 2. The van der Waals surface area contributed by atoms with E-state index in [-0.39, 0.29) is 89.0 Å². The average Bonchev–Trinajstić information content (AvgIpc) is 1.10. The zero-order valence-electron chi connectivity index (χ0n) is 85.5. The monoisotopic (exact) mass is 2100 g/mol. The maximum atomic E-state index is 14.0. The summed E-state index contributed by atoms with van der Waals surface area (Å²) in [7, 11) is 0. The van der Waals surface area contributed by atoms with Gasteiger partial charge in [-0.05, 0) is 163 Å². The molecule has 3 saturated heterocycles. The van der Waals surface area contributed by atoms with Crippen LogP contribution in [0.1, 0.15) is 178 Å². The second-order valence-corrected chi connectivity index (χ2v) is 35.3. The molecule has 3 aliphatic heterocycles. The van der Waals surface area contributed by atoms with Gasteiger partial charge in [0.1, 0.15) is 83.8 Å². The van der Waals surface area contributed by atoms with Crippen LogP contribution in [0.15, 0.2) is 125 Å². The fourth-order valence-electron chi connectivity index (χ4n) is 11.5. The number of amides is 6. The number of nitrogens with zero attached hydrogens (tertiary/aromatic N) is 9. The predicted molar refractivity (Wildman–Crippen MR) is 511 cm³/mol. The molecule has 12 N–H and O–H groups in total. The molecule has 3 fully saturated rings. The van der Waals surface area contributed by atoms with Crippen LogP contribution >= 0.6 is 0 Å². The number of quaternary nitrogens is 2. The number of cyclic esters (lactones) is 6. The van der Waals surface area contributed by atoms with Crippen LogP contribution in [-0.4, -0.2) is 246 Å². The van der Waals surface area contributed by atoms with Crippen LogP contribution < -0.4 is 63.1 Å². The first-order valence-electron chi connectivity index (χ1n) is 46.0. The maximum Gasteiger partial charge on any atom is 0.415 e. The van der Waals surface area contributed by atoms with E-state index < -0.39 is 167 Å². The number of nitrogens with one attached hydrogen (secondary N) is 6. The molecule has 0 radical (unpaired) electrons. The summed E-state index contributed by atoms with van der Waals surface area (Å²) in [6.07, 6.45) is -8.16. The highest BCUT2D eigenvalue weighted by Crippen LogP contribution is 2.24. The quantitative estimate of drug-likeness (QED) is 0.00338. The Kier molecular flexibility index (Phi) is 69.0. The number of alkyl halides is 4. The molecule has 3 heterocycles. The van der Waals surface area contributed by atoms with Crippen molar-refractivity contribution < 1.29 is 182 Å². The summed E-state index contributed by atoms with van der Waals surface area (Å²) in [5, 5.41) is 42.9. The molecule has 0 unspecified atom stereocenters. The van der Waals surface area contributed by atoms with E-state index in [0.717, 1.165) is 34.5 Å². The Morgan fingerprint density at radius 1 is 0.466 bits per heavy atom. The van der Waals surface area contributed by atoms with Crippen molar-refractivity contribution in [2.45, 2.75) is 242 Å². The van der Waals surface area contributed by atoms with Crippen molar-refractivity contribution >= 4 is 107 Å². The lowest BCUT2D eigenvalue weighted by atomic mass is 9.89. The molecular formula is C95H135F4N17O32. The standard InChI is InChI=1S/C38H53N5O8.C17H15NO4.C12H23N5O4.C9H13NO5.C7H11NO3.C4H10N4O.C4H6O3.2C2H2F2O2/c1-26(2)20-30(21-27(3)44)37(48)42-33(22-28-12-14-32(15-13-28)50-25-29-10-8-7-9-11-29)34(45)23-31(24-35(46)51-38(4,5)6)36(47)40-16-18-49-19-17-41-43-39;19-16-15(18-17(20)22-16)10-12-6-8-14(9-7-12)21-11-13-4-2-1-3-5-13;1-12(2,3)21-10(18)8-9(13)11(19)15-4-6-20-7-5-16-17-14;1-9(2,3)15-6(11)4-5-7(12)14-8(13)10-5;1-4(2)3-5-6(9)11-7(10)8-5;5-1-3-9-4-2-7-8-6;1-3(5)7-4(2)6;2*3-1(4)2(5)6/h7-15,26,30-31,33H,16-25H2,1-6H3,(H,40,47)(H,42,48);1-9,15H,10-11H2,(H,18,20);9H,4-8,13H2,1-3H3,(H,15,19);5H,4H2,1-3H3,(H,10,13);4-5H,3H2,1-2H3,(H,8,10);1-5H2;1-2H3;2*1H,(H,5,6)/t30-,31-,33-;15-;9-;2*5-;;;;/m00001..../s1. The van der Waals surface area contributed by atoms with E-state index in [1.807, 2.05) is 113 Å². The summed E-state index contributed by atoms with van der Waals surface area (Å²) in [6, 6.07) is 30.5. The third-order valence-electron chi connectivity index (χ3n) is 17.5. The number of Topliss-reactive ketones (excluding diaryl/α,β-unsaturated/α-hetero) is 2. The van der Waals surface area contributed by atoms with Gasteiger partial charge in [-0.15, -0.1) is 0 Å². The minimum atomic E-state index is -3.34. The van der Waals surface area contributed by atoms with Gasteiger partial charge in [0, 0.05) is 86.5 Å². The molecule has 0 spiro atoms. The second-order valence-electron chi connectivity index (χ2n) is 35.3. The van der Waals surface area contributed by atoms with Crippen LogP contribution in [-0.2, 0) is 145 Å². The number of ketones is 2. The number of hydrogen-bond acceptors (Lipinski definition) is 35. The van der Waals surface area contributed by atoms with Crippen molar-refractivity contribution in [3.63, 3.8) is 0 Å². The summed E-state index contributed by atoms with van der Waals surface area (Å²) in [4.78, 5) is 211. The first-order chi connectivity index (χ1) is 69.3. The maximum absolute atomic E-state index is 14.0. The summed E-state index contributed by atoms with van der Waals surface area (Å²) in [6.45, 7) is 32.1. The Labute approximate surface area is 851 Å². The molecule has 6 amide bonds. The van der Waals surface area contributed by atoms with E-state index in [0.29, 0.717) is 83.7 Å². The fourth-order valence-corrected chi connectivity index (χ4v) is 11.5. The van der Waals surface area contributed by atoms with Gasteiger partial charge in [-0.25, -0.2) is 46.3 Å². The van der Waals surface area contributed by atoms with E-state index in [4.69, 9.17) is 74.3 Å². The normalized spacial score (nSPS) is 14.2. The number of esters is 8. The van der Waals surface area contributed by atoms with Gasteiger partial charge in [0.2, 0.25) is 11.8 Å². The minimum Gasteiger partial charge on any atom is -0.544 e. The zero-order chi connectivity index (χ0) is 113. The first kappa shape index (κ1) is 135. The van der Waals surface area contributed by atoms with Crippen LogP contribution in [0.2, 0.25) is 0 Å². The fraction of sp³-hybridized carbons (Fsp3) is 0.558. The molecule has 148 heavy (non-hydrogen) atoms. The number of halogens is 4. The number of ether oxygens (including phenoxy) is 12. The average molecular weight is 2100 g/mol. The van der Waals surface area contributed by atoms with Gasteiger partial charge < -0.3 is 125 Å². The summed E-state index contributed by atoms with van der Waals surface area (Å²) in [5.41, 5.74) is 33.2. The number of hydrogen-bond donors (Lipinski definition) is 8. The molecule has 820 valence electrons. The Bertz CT molecular complexity index is 4950. The van der Waals surface area contributed by atoms with E-state index in [2.05, 4.69) is 92.4 Å². The van der Waals surface area contributed by atoms with Gasteiger partial charge in [0.25, 0.3) is 18.8 Å². The Morgan fingerprint density at radius 3 is 1.20 bits per heavy atom. The van der Waals surface area contributed by atoms with Crippen molar-refractivity contribution in [3.05, 3.63) is 163 Å². The van der Waals surface area contributed by atoms with Gasteiger partial charge in [0.05, 0.1) is 71.0 Å². The van der Waals surface area contributed by atoms with E-state index in [1.54, 1.807) is 86.6 Å². The lowest BCUT2D eigenvalue weighted by Gasteiger charge is -2.25. The smallest absolute Gasteiger partial charge is 0.415 e. The molecular weight excluding hydrogens is 1970 g/mol. The van der Waals surface area contributed by atoms with Gasteiger partial charge in [-0.2, -0.15) is 0 Å². The van der Waals surface area contributed by atoms with Crippen molar-refractivity contribution in [2.75, 3.05) is 78.9 Å². The van der Waals surface area contributed by atoms with Gasteiger partial charge in [0.15, 0.2) is 11.8 Å². The second kappa shape index (κ2) is 75.7. The molecule has 0 aromatic heterocycles. The van der Waals surface area contributed by atoms with Crippen molar-refractivity contribution in [2.24, 2.45) is 39.0 Å². The highest BCUT2D eigenvalue weighted by atomic mass is 19.3. The molecule has 4 aromatic carbocycles. The van der Waals surface area contributed by atoms with Crippen molar-refractivity contribution in [3.8, 4) is 11.5 Å². The van der Waals surface area contributed by atoms with Gasteiger partial charge in [-0.1, -0.05) is 128 Å². The number of carboxylic acid groups (broad SMARTS) is 2. The van der Waals surface area contributed by atoms with Crippen LogP contribution in [0.4, 0.5) is 31.9 Å². The summed E-state index contributed by atoms with van der Waals surface area (Å²) < 4.78 is 101. The largest absolute Gasteiger partial charge is 0.544 e. The molecule has 53 heteroatoms. The number of benzene rings is 4. The summed E-state index contributed by atoms with van der Waals surface area (Å²) >= 11 is 0. The highest BCUT2D eigenvalue weighted by Gasteiger charge is 2.38. The van der Waals surface area contributed by atoms with Crippen LogP contribution in [0.3, 0.4) is 0 Å². The van der Waals surface area contributed by atoms with Crippen LogP contribution in [0.5, 0.6) is 11.5 Å². The molecule has 49 nitrogen and oxygen atoms in total. The van der Waals surface area contributed by atoms with Crippen LogP contribution in [0, 0.1) is 23.7 Å². The topological polar surface area (TPSA) is 738 Å². The molecule has 7 rings (SSSR count). The molecule has 7 atom stereocenters. The Balaban J connectivity index is 0. The highest BCUT2D eigenvalue weighted by molar-refractivity contribution is 5.99. The Morgan fingerprint density at radius 2 is 0.845 bits per heavy atom. The van der Waals surface area contributed by atoms with Crippen molar-refractivity contribution in [1.82, 2.24) is 31.9 Å². The zero-order valence-corrected chi connectivity index (χ0v) is 85.5. The third kappa shape index (κ3) is 73.1. The number of rotatable bonds is 48. The predicted octanol–water partition coefficient (Wildman–Crippen LogP) is 6.57. The number of carbonyl (C=O) groups is 18. The lowest BCUT2D eigenvalue weighted by Crippen LogP contribution is -2.68. The van der Waals surface area contributed by atoms with E-state index in [1.165, 1.54) is 20.8 Å². The van der Waals surface area contributed by atoms with Crippen molar-refractivity contribution in [1.29, 1.82) is 0 Å². The van der Waals surface area contributed by atoms with E-state index >= 15 is 0 Å². The molecule has 0 saturated carbocycles. The number of aliphatic carboxylic acids is 2. The van der Waals surface area contributed by atoms with E-state index in [9.17, 15) is 94.3 Å². The third-order valence-corrected chi connectivity index (χ3v) is 17.5.